The van der Waals surface area contributed by atoms with Gasteiger partial charge in [0.25, 0.3) is 5.56 Å². The Labute approximate surface area is 166 Å². The van der Waals surface area contributed by atoms with Crippen LogP contribution >= 0.6 is 0 Å². The summed E-state index contributed by atoms with van der Waals surface area (Å²) in [4.78, 5) is 17.5. The molecule has 3 atom stereocenters. The summed E-state index contributed by atoms with van der Waals surface area (Å²) in [5, 5.41) is 0.692. The number of nitrogens with zero attached hydrogens (tertiary/aromatic N) is 2. The molecular weight excluding hydrogens is 346 g/mol. The molecule has 0 radical (unpaired) electrons. The van der Waals surface area contributed by atoms with Gasteiger partial charge in [0, 0.05) is 12.5 Å². The molecule has 1 aliphatic rings. The second kappa shape index (κ2) is 8.70. The predicted octanol–water partition coefficient (Wildman–Crippen LogP) is 4.34. The largest absolute Gasteiger partial charge is 0.330 e. The Morgan fingerprint density at radius 3 is 2.61 bits per heavy atom. The van der Waals surface area contributed by atoms with Crippen molar-refractivity contribution in [3.05, 3.63) is 76.8 Å². The van der Waals surface area contributed by atoms with E-state index in [2.05, 4.69) is 35.3 Å². The summed E-state index contributed by atoms with van der Waals surface area (Å²) in [7, 11) is 0. The van der Waals surface area contributed by atoms with E-state index in [-0.39, 0.29) is 5.56 Å². The number of hydrogen-bond donors (Lipinski definition) is 1. The molecule has 3 unspecified atom stereocenters. The molecule has 28 heavy (non-hydrogen) atoms. The Morgan fingerprint density at radius 2 is 1.79 bits per heavy atom. The molecule has 4 nitrogen and oxygen atoms in total. The van der Waals surface area contributed by atoms with Crippen LogP contribution in [-0.4, -0.2) is 16.1 Å². The second-order valence-corrected chi connectivity index (χ2v) is 8.20. The molecule has 0 spiro atoms. The third-order valence-corrected chi connectivity index (χ3v) is 6.26. The summed E-state index contributed by atoms with van der Waals surface area (Å²) in [6.45, 7) is 1.46. The highest BCUT2D eigenvalue weighted by Gasteiger charge is 2.25. The lowest BCUT2D eigenvalue weighted by molar-refractivity contribution is 0.242. The molecule has 1 saturated carbocycles. The number of hydrogen-bond acceptors (Lipinski definition) is 3. The predicted molar refractivity (Wildman–Crippen MR) is 114 cm³/mol. The molecule has 0 amide bonds. The number of para-hydroxylation sites is 1. The number of benzene rings is 2. The quantitative estimate of drug-likeness (QED) is 0.697. The molecule has 2 N–H and O–H groups in total. The maximum absolute atomic E-state index is 13.0. The van der Waals surface area contributed by atoms with Gasteiger partial charge in [0.15, 0.2) is 0 Å². The van der Waals surface area contributed by atoms with Crippen molar-refractivity contribution in [2.75, 3.05) is 6.54 Å². The van der Waals surface area contributed by atoms with Crippen LogP contribution in [-0.2, 0) is 6.54 Å². The molecule has 0 aliphatic heterocycles. The monoisotopic (exact) mass is 375 g/mol. The molecule has 1 heterocycles. The molecule has 0 bridgehead atoms. The van der Waals surface area contributed by atoms with Gasteiger partial charge in [-0.3, -0.25) is 9.36 Å². The molecular formula is C24H29N3O. The van der Waals surface area contributed by atoms with Gasteiger partial charge in [-0.05, 0) is 55.3 Å². The molecule has 3 aromatic rings. The van der Waals surface area contributed by atoms with Crippen molar-refractivity contribution in [1.82, 2.24) is 9.55 Å². The zero-order chi connectivity index (χ0) is 19.3. The summed E-state index contributed by atoms with van der Waals surface area (Å²) in [5.41, 5.74) is 8.07. The van der Waals surface area contributed by atoms with Gasteiger partial charge in [-0.15, -0.1) is 0 Å². The van der Waals surface area contributed by atoms with Crippen LogP contribution in [0, 0.1) is 11.8 Å². The molecule has 1 aliphatic carbocycles. The fourth-order valence-corrected chi connectivity index (χ4v) is 4.75. The number of aromatic nitrogens is 2. The molecule has 1 fully saturated rings. The standard InChI is InChI=1S/C24H29N3O/c25-15-19-8-6-7-18(13-19)14-21(20-9-2-1-3-10-20)16-27-17-26-23-12-5-4-11-22(23)24(27)28/h1-5,9-12,17-19,21H,6-8,13-16,25H2. The van der Waals surface area contributed by atoms with Crippen molar-refractivity contribution >= 4 is 10.9 Å². The van der Waals surface area contributed by atoms with Crippen LogP contribution in [0.5, 0.6) is 0 Å². The van der Waals surface area contributed by atoms with E-state index in [0.717, 1.165) is 18.5 Å². The molecule has 1 aromatic heterocycles. The zero-order valence-corrected chi connectivity index (χ0v) is 16.3. The molecule has 0 saturated heterocycles. The maximum atomic E-state index is 13.0. The van der Waals surface area contributed by atoms with Crippen LogP contribution in [0.4, 0.5) is 0 Å². The first-order chi connectivity index (χ1) is 13.7. The van der Waals surface area contributed by atoms with E-state index in [1.165, 1.54) is 31.2 Å². The lowest BCUT2D eigenvalue weighted by atomic mass is 9.76. The highest BCUT2D eigenvalue weighted by molar-refractivity contribution is 5.76. The van der Waals surface area contributed by atoms with Crippen LogP contribution in [0.3, 0.4) is 0 Å². The first kappa shape index (κ1) is 18.9. The minimum atomic E-state index is 0.0509. The van der Waals surface area contributed by atoms with Crippen LogP contribution in [0.2, 0.25) is 0 Å². The Hall–Kier alpha value is -2.46. The van der Waals surface area contributed by atoms with Crippen molar-refractivity contribution in [2.45, 2.75) is 44.6 Å². The lowest BCUT2D eigenvalue weighted by Crippen LogP contribution is -2.27. The first-order valence-electron chi connectivity index (χ1n) is 10.4. The summed E-state index contributed by atoms with van der Waals surface area (Å²) in [5.74, 6) is 1.64. The van der Waals surface area contributed by atoms with Crippen LogP contribution in [0.25, 0.3) is 10.9 Å². The summed E-state index contributed by atoms with van der Waals surface area (Å²) in [6.07, 6.45) is 7.82. The molecule has 146 valence electrons. The Balaban J connectivity index is 1.61. The van der Waals surface area contributed by atoms with Crippen molar-refractivity contribution in [3.63, 3.8) is 0 Å². The van der Waals surface area contributed by atoms with Crippen molar-refractivity contribution in [2.24, 2.45) is 17.6 Å². The van der Waals surface area contributed by atoms with E-state index in [9.17, 15) is 4.79 Å². The van der Waals surface area contributed by atoms with Crippen molar-refractivity contribution in [1.29, 1.82) is 0 Å². The highest BCUT2D eigenvalue weighted by Crippen LogP contribution is 2.36. The number of rotatable bonds is 6. The fourth-order valence-electron chi connectivity index (χ4n) is 4.75. The van der Waals surface area contributed by atoms with Crippen molar-refractivity contribution in [3.8, 4) is 0 Å². The molecule has 4 rings (SSSR count). The third-order valence-electron chi connectivity index (χ3n) is 6.26. The van der Waals surface area contributed by atoms with Gasteiger partial charge in [0.05, 0.1) is 17.2 Å². The smallest absolute Gasteiger partial charge is 0.261 e. The second-order valence-electron chi connectivity index (χ2n) is 8.20. The fraction of sp³-hybridized carbons (Fsp3) is 0.417. The van der Waals surface area contributed by atoms with E-state index >= 15 is 0 Å². The van der Waals surface area contributed by atoms with Crippen molar-refractivity contribution < 1.29 is 0 Å². The third kappa shape index (κ3) is 4.17. The van der Waals surface area contributed by atoms with Gasteiger partial charge in [-0.2, -0.15) is 0 Å². The summed E-state index contributed by atoms with van der Waals surface area (Å²) >= 11 is 0. The average molecular weight is 376 g/mol. The number of fused-ring (bicyclic) bond motifs is 1. The Kier molecular flexibility index (Phi) is 5.87. The number of nitrogens with two attached hydrogens (primary N) is 1. The zero-order valence-electron chi connectivity index (χ0n) is 16.3. The SMILES string of the molecule is NCC1CCCC(CC(Cn2cnc3ccccc3c2=O)c2ccccc2)C1. The summed E-state index contributed by atoms with van der Waals surface area (Å²) in [6, 6.07) is 18.2. The van der Waals surface area contributed by atoms with Crippen LogP contribution in [0.1, 0.15) is 43.6 Å². The molecule has 4 heteroatoms. The first-order valence-corrected chi connectivity index (χ1v) is 10.4. The lowest BCUT2D eigenvalue weighted by Gasteiger charge is -2.31. The van der Waals surface area contributed by atoms with E-state index < -0.39 is 0 Å². The van der Waals surface area contributed by atoms with E-state index in [1.54, 1.807) is 10.9 Å². The minimum Gasteiger partial charge on any atom is -0.330 e. The van der Waals surface area contributed by atoms with Gasteiger partial charge < -0.3 is 5.73 Å². The topological polar surface area (TPSA) is 60.9 Å². The van der Waals surface area contributed by atoms with E-state index in [1.807, 2.05) is 24.3 Å². The van der Waals surface area contributed by atoms with Gasteiger partial charge in [-0.25, -0.2) is 4.98 Å². The van der Waals surface area contributed by atoms with Crippen LogP contribution in [0.15, 0.2) is 65.7 Å². The minimum absolute atomic E-state index is 0.0509. The maximum Gasteiger partial charge on any atom is 0.261 e. The van der Waals surface area contributed by atoms with Gasteiger partial charge >= 0.3 is 0 Å². The van der Waals surface area contributed by atoms with Gasteiger partial charge in [0.1, 0.15) is 0 Å². The molecule has 2 aromatic carbocycles. The van der Waals surface area contributed by atoms with Gasteiger partial charge in [0.2, 0.25) is 0 Å². The summed E-state index contributed by atoms with van der Waals surface area (Å²) < 4.78 is 1.79. The average Bonchev–Trinajstić information content (AvgIpc) is 2.76. The van der Waals surface area contributed by atoms with Crippen LogP contribution < -0.4 is 11.3 Å². The van der Waals surface area contributed by atoms with E-state index in [0.29, 0.717) is 29.7 Å². The van der Waals surface area contributed by atoms with Gasteiger partial charge in [-0.1, -0.05) is 55.3 Å². The Morgan fingerprint density at radius 1 is 1.04 bits per heavy atom. The Bertz CT molecular complexity index is 966. The van der Waals surface area contributed by atoms with E-state index in [4.69, 9.17) is 5.73 Å². The highest BCUT2D eigenvalue weighted by atomic mass is 16.1. The normalized spacial score (nSPS) is 20.9.